The SMILES string of the molecule is C[C@@H]1CC(N=[N+]=[N-])C[C@H](C)C1OC1CCCCO1. The van der Waals surface area contributed by atoms with Crippen LogP contribution >= 0.6 is 0 Å². The van der Waals surface area contributed by atoms with Crippen LogP contribution < -0.4 is 0 Å². The topological polar surface area (TPSA) is 67.2 Å². The summed E-state index contributed by atoms with van der Waals surface area (Å²) in [5.74, 6) is 0.851. The zero-order valence-electron chi connectivity index (χ0n) is 11.3. The van der Waals surface area contributed by atoms with Gasteiger partial charge in [0.15, 0.2) is 6.29 Å². The zero-order chi connectivity index (χ0) is 13.0. The summed E-state index contributed by atoms with van der Waals surface area (Å²) < 4.78 is 11.8. The van der Waals surface area contributed by atoms with Crippen LogP contribution in [0.3, 0.4) is 0 Å². The number of ether oxygens (including phenoxy) is 2. The zero-order valence-corrected chi connectivity index (χ0v) is 11.3. The van der Waals surface area contributed by atoms with Crippen molar-refractivity contribution >= 4 is 0 Å². The Labute approximate surface area is 108 Å². The van der Waals surface area contributed by atoms with E-state index in [0.717, 1.165) is 32.3 Å². The van der Waals surface area contributed by atoms with E-state index in [4.69, 9.17) is 15.0 Å². The molecule has 0 amide bonds. The molecule has 0 aromatic rings. The highest BCUT2D eigenvalue weighted by Crippen LogP contribution is 2.34. The maximum atomic E-state index is 8.53. The van der Waals surface area contributed by atoms with Crippen molar-refractivity contribution in [3.8, 4) is 0 Å². The highest BCUT2D eigenvalue weighted by atomic mass is 16.7. The van der Waals surface area contributed by atoms with Gasteiger partial charge in [0.25, 0.3) is 0 Å². The lowest BCUT2D eigenvalue weighted by Gasteiger charge is -2.39. The molecule has 5 heteroatoms. The van der Waals surface area contributed by atoms with Crippen LogP contribution in [0.4, 0.5) is 0 Å². The first-order valence-corrected chi connectivity index (χ1v) is 7.02. The summed E-state index contributed by atoms with van der Waals surface area (Å²) >= 11 is 0. The second-order valence-corrected chi connectivity index (χ2v) is 5.68. The molecule has 5 nitrogen and oxygen atoms in total. The molecule has 0 spiro atoms. The molecule has 0 N–H and O–H groups in total. The predicted octanol–water partition coefficient (Wildman–Crippen LogP) is 3.64. The molecule has 0 aromatic heterocycles. The van der Waals surface area contributed by atoms with Crippen molar-refractivity contribution in [1.82, 2.24) is 0 Å². The van der Waals surface area contributed by atoms with Crippen molar-refractivity contribution in [2.24, 2.45) is 17.0 Å². The van der Waals surface area contributed by atoms with Crippen LogP contribution in [0.25, 0.3) is 10.4 Å². The monoisotopic (exact) mass is 253 g/mol. The Kier molecular flexibility index (Phi) is 4.87. The molecule has 0 aromatic carbocycles. The van der Waals surface area contributed by atoms with Crippen LogP contribution in [0.15, 0.2) is 5.11 Å². The molecule has 3 unspecified atom stereocenters. The Morgan fingerprint density at radius 2 is 1.94 bits per heavy atom. The first-order valence-electron chi connectivity index (χ1n) is 7.02. The first-order chi connectivity index (χ1) is 8.70. The van der Waals surface area contributed by atoms with E-state index in [2.05, 4.69) is 23.9 Å². The molecule has 1 saturated carbocycles. The Morgan fingerprint density at radius 3 is 2.50 bits per heavy atom. The summed E-state index contributed by atoms with van der Waals surface area (Å²) in [6.07, 6.45) is 5.41. The van der Waals surface area contributed by atoms with Crippen molar-refractivity contribution < 1.29 is 9.47 Å². The van der Waals surface area contributed by atoms with Crippen molar-refractivity contribution in [3.05, 3.63) is 10.4 Å². The van der Waals surface area contributed by atoms with E-state index in [1.54, 1.807) is 0 Å². The quantitative estimate of drug-likeness (QED) is 0.437. The van der Waals surface area contributed by atoms with Gasteiger partial charge >= 0.3 is 0 Å². The standard InChI is InChI=1S/C13H23N3O2/c1-9-7-11(15-16-14)8-10(2)13(9)18-12-5-3-4-6-17-12/h9-13H,3-8H2,1-2H3/t9-,10+,11?,12?,13?. The van der Waals surface area contributed by atoms with Crippen molar-refractivity contribution in [3.63, 3.8) is 0 Å². The minimum Gasteiger partial charge on any atom is -0.353 e. The van der Waals surface area contributed by atoms with E-state index < -0.39 is 0 Å². The van der Waals surface area contributed by atoms with E-state index in [1.165, 1.54) is 6.42 Å². The van der Waals surface area contributed by atoms with Crippen LogP contribution in [0.1, 0.15) is 46.0 Å². The highest BCUT2D eigenvalue weighted by molar-refractivity contribution is 4.87. The Hall–Kier alpha value is -0.770. The third-order valence-corrected chi connectivity index (χ3v) is 4.07. The number of azide groups is 1. The summed E-state index contributed by atoms with van der Waals surface area (Å²) in [5.41, 5.74) is 8.53. The van der Waals surface area contributed by atoms with Gasteiger partial charge < -0.3 is 9.47 Å². The summed E-state index contributed by atoms with van der Waals surface area (Å²) in [6, 6.07) is 0.132. The Morgan fingerprint density at radius 1 is 1.22 bits per heavy atom. The van der Waals surface area contributed by atoms with Crippen LogP contribution in [-0.4, -0.2) is 25.0 Å². The Bertz CT molecular complexity index is 299. The number of hydrogen-bond donors (Lipinski definition) is 0. The average Bonchev–Trinajstić information content (AvgIpc) is 2.36. The molecule has 0 bridgehead atoms. The maximum absolute atomic E-state index is 8.53. The third kappa shape index (κ3) is 3.37. The molecule has 1 saturated heterocycles. The van der Waals surface area contributed by atoms with Gasteiger partial charge in [-0.15, -0.1) is 0 Å². The molecule has 2 aliphatic rings. The number of rotatable bonds is 3. The molecule has 2 fully saturated rings. The molecule has 102 valence electrons. The normalized spacial score (nSPS) is 41.1. The van der Waals surface area contributed by atoms with Crippen LogP contribution in [-0.2, 0) is 9.47 Å². The molecule has 0 radical (unpaired) electrons. The van der Waals surface area contributed by atoms with Gasteiger partial charge in [-0.2, -0.15) is 0 Å². The van der Waals surface area contributed by atoms with E-state index in [0.29, 0.717) is 11.8 Å². The summed E-state index contributed by atoms with van der Waals surface area (Å²) in [5, 5.41) is 3.86. The summed E-state index contributed by atoms with van der Waals surface area (Å²) in [7, 11) is 0. The maximum Gasteiger partial charge on any atom is 0.157 e. The molecule has 5 atom stereocenters. The van der Waals surface area contributed by atoms with E-state index in [9.17, 15) is 0 Å². The third-order valence-electron chi connectivity index (χ3n) is 4.07. The van der Waals surface area contributed by atoms with Gasteiger partial charge in [0.2, 0.25) is 0 Å². The fourth-order valence-electron chi connectivity index (χ4n) is 3.21. The molecule has 2 rings (SSSR count). The van der Waals surface area contributed by atoms with Gasteiger partial charge in [-0.1, -0.05) is 19.0 Å². The number of nitrogens with zero attached hydrogens (tertiary/aromatic N) is 3. The van der Waals surface area contributed by atoms with E-state index in [1.807, 2.05) is 0 Å². The van der Waals surface area contributed by atoms with Gasteiger partial charge in [-0.25, -0.2) is 0 Å². The lowest BCUT2D eigenvalue weighted by Crippen LogP contribution is -2.41. The second kappa shape index (κ2) is 6.41. The molecule has 18 heavy (non-hydrogen) atoms. The minimum atomic E-state index is -0.0235. The lowest BCUT2D eigenvalue weighted by molar-refractivity contribution is -0.213. The molecule has 1 aliphatic heterocycles. The molecule has 1 heterocycles. The van der Waals surface area contributed by atoms with Gasteiger partial charge in [-0.3, -0.25) is 0 Å². The average molecular weight is 253 g/mol. The van der Waals surface area contributed by atoms with Crippen molar-refractivity contribution in [2.75, 3.05) is 6.61 Å². The van der Waals surface area contributed by atoms with Gasteiger partial charge in [0.1, 0.15) is 0 Å². The fourth-order valence-corrected chi connectivity index (χ4v) is 3.21. The lowest BCUT2D eigenvalue weighted by atomic mass is 9.78. The molecule has 1 aliphatic carbocycles. The summed E-state index contributed by atoms with van der Waals surface area (Å²) in [6.45, 7) is 5.19. The van der Waals surface area contributed by atoms with E-state index >= 15 is 0 Å². The first kappa shape index (κ1) is 13.7. The van der Waals surface area contributed by atoms with Gasteiger partial charge in [-0.05, 0) is 49.5 Å². The molecular formula is C13H23N3O2. The van der Waals surface area contributed by atoms with Gasteiger partial charge in [0.05, 0.1) is 6.10 Å². The second-order valence-electron chi connectivity index (χ2n) is 5.68. The number of hydrogen-bond acceptors (Lipinski definition) is 3. The largest absolute Gasteiger partial charge is 0.353 e. The van der Waals surface area contributed by atoms with Crippen molar-refractivity contribution in [1.29, 1.82) is 0 Å². The molecular weight excluding hydrogens is 230 g/mol. The van der Waals surface area contributed by atoms with Crippen LogP contribution in [0.2, 0.25) is 0 Å². The Balaban J connectivity index is 1.90. The predicted molar refractivity (Wildman–Crippen MR) is 69.0 cm³/mol. The highest BCUT2D eigenvalue weighted by Gasteiger charge is 2.35. The summed E-state index contributed by atoms with van der Waals surface area (Å²) in [4.78, 5) is 2.93. The minimum absolute atomic E-state index is 0.0235. The van der Waals surface area contributed by atoms with Crippen LogP contribution in [0, 0.1) is 11.8 Å². The van der Waals surface area contributed by atoms with Crippen LogP contribution in [0.5, 0.6) is 0 Å². The van der Waals surface area contributed by atoms with Gasteiger partial charge in [0, 0.05) is 17.6 Å². The van der Waals surface area contributed by atoms with E-state index in [-0.39, 0.29) is 18.4 Å². The fraction of sp³-hybridized carbons (Fsp3) is 1.00. The van der Waals surface area contributed by atoms with Crippen molar-refractivity contribution in [2.45, 2.75) is 64.4 Å². The smallest absolute Gasteiger partial charge is 0.157 e.